The lowest BCUT2D eigenvalue weighted by Crippen LogP contribution is -2.43. The van der Waals surface area contributed by atoms with E-state index in [1.807, 2.05) is 19.1 Å². The maximum Gasteiger partial charge on any atom is 0.307 e. The summed E-state index contributed by atoms with van der Waals surface area (Å²) < 4.78 is 0. The molecule has 3 unspecified atom stereocenters. The number of allylic oxidation sites excluding steroid dienone is 2. The summed E-state index contributed by atoms with van der Waals surface area (Å²) >= 11 is 0. The van der Waals surface area contributed by atoms with Gasteiger partial charge in [-0.2, -0.15) is 0 Å². The first kappa shape index (κ1) is 14.3. The lowest BCUT2D eigenvalue weighted by Gasteiger charge is -2.26. The highest BCUT2D eigenvalue weighted by Gasteiger charge is 2.34. The van der Waals surface area contributed by atoms with Gasteiger partial charge in [0.15, 0.2) is 0 Å². The average molecular weight is 249 g/mol. The molecule has 0 aromatic rings. The summed E-state index contributed by atoms with van der Waals surface area (Å²) in [4.78, 5) is 23.2. The molecule has 1 aliphatic carbocycles. The molecule has 4 heteroatoms. The van der Waals surface area contributed by atoms with Crippen molar-refractivity contribution in [2.24, 2.45) is 11.8 Å². The van der Waals surface area contributed by atoms with E-state index in [0.717, 1.165) is 6.42 Å². The summed E-state index contributed by atoms with van der Waals surface area (Å²) in [5.41, 5.74) is 0. The van der Waals surface area contributed by atoms with E-state index in [1.165, 1.54) is 0 Å². The number of hydrogen-bond acceptors (Lipinski definition) is 2. The molecule has 1 rings (SSSR count). The van der Waals surface area contributed by atoms with E-state index in [1.54, 1.807) is 0 Å². The molecule has 1 amide bonds. The maximum absolute atomic E-state index is 12.1. The number of carboxylic acid groups (broad SMARTS) is 1. The van der Waals surface area contributed by atoms with Crippen LogP contribution >= 0.6 is 0 Å². The van der Waals surface area contributed by atoms with E-state index in [-0.39, 0.29) is 11.9 Å². The number of nitrogens with one attached hydrogen (secondary N) is 1. The van der Waals surface area contributed by atoms with Crippen LogP contribution in [0, 0.1) is 24.2 Å². The predicted molar refractivity (Wildman–Crippen MR) is 68.7 cm³/mol. The number of carboxylic acids is 1. The lowest BCUT2D eigenvalue weighted by atomic mass is 9.82. The summed E-state index contributed by atoms with van der Waals surface area (Å²) in [6.07, 6.45) is 11.0. The minimum Gasteiger partial charge on any atom is -0.481 e. The lowest BCUT2D eigenvalue weighted by molar-refractivity contribution is -0.147. The number of amides is 1. The first-order valence-electron chi connectivity index (χ1n) is 6.21. The Morgan fingerprint density at radius 1 is 1.44 bits per heavy atom. The molecular weight excluding hydrogens is 230 g/mol. The molecule has 0 radical (unpaired) electrons. The highest BCUT2D eigenvalue weighted by atomic mass is 16.4. The van der Waals surface area contributed by atoms with Crippen molar-refractivity contribution in [2.45, 2.75) is 38.6 Å². The molecule has 18 heavy (non-hydrogen) atoms. The molecule has 0 fully saturated rings. The Morgan fingerprint density at radius 3 is 2.56 bits per heavy atom. The van der Waals surface area contributed by atoms with Crippen molar-refractivity contribution in [1.82, 2.24) is 5.32 Å². The molecule has 3 atom stereocenters. The molecule has 4 nitrogen and oxygen atoms in total. The SMILES string of the molecule is C#CCC(CC)NC(=O)C1CC=CCC1C(=O)O. The van der Waals surface area contributed by atoms with Gasteiger partial charge >= 0.3 is 5.97 Å². The van der Waals surface area contributed by atoms with Gasteiger partial charge in [-0.1, -0.05) is 19.1 Å². The summed E-state index contributed by atoms with van der Waals surface area (Å²) in [6.45, 7) is 1.94. The van der Waals surface area contributed by atoms with Crippen LogP contribution in [0.15, 0.2) is 12.2 Å². The largest absolute Gasteiger partial charge is 0.481 e. The van der Waals surface area contributed by atoms with Crippen LogP contribution in [0.25, 0.3) is 0 Å². The van der Waals surface area contributed by atoms with E-state index < -0.39 is 17.8 Å². The van der Waals surface area contributed by atoms with Gasteiger partial charge in [0, 0.05) is 12.5 Å². The Bertz CT molecular complexity index is 381. The zero-order valence-corrected chi connectivity index (χ0v) is 10.6. The van der Waals surface area contributed by atoms with Crippen molar-refractivity contribution in [2.75, 3.05) is 0 Å². The van der Waals surface area contributed by atoms with Gasteiger partial charge in [0.2, 0.25) is 5.91 Å². The molecule has 0 aromatic heterocycles. The third-order valence-electron chi connectivity index (χ3n) is 3.29. The molecule has 0 heterocycles. The van der Waals surface area contributed by atoms with Crippen LogP contribution in [0.4, 0.5) is 0 Å². The second kappa shape index (κ2) is 6.85. The van der Waals surface area contributed by atoms with Crippen molar-refractivity contribution in [3.05, 3.63) is 12.2 Å². The van der Waals surface area contributed by atoms with Crippen LogP contribution in [0.1, 0.15) is 32.6 Å². The van der Waals surface area contributed by atoms with Crippen molar-refractivity contribution in [3.63, 3.8) is 0 Å². The number of hydrogen-bond donors (Lipinski definition) is 2. The highest BCUT2D eigenvalue weighted by Crippen LogP contribution is 2.26. The fourth-order valence-electron chi connectivity index (χ4n) is 2.12. The predicted octanol–water partition coefficient (Wildman–Crippen LogP) is 1.57. The number of terminal acetylenes is 1. The van der Waals surface area contributed by atoms with Gasteiger partial charge < -0.3 is 10.4 Å². The number of carbonyl (C=O) groups is 2. The minimum atomic E-state index is -0.913. The molecule has 0 aliphatic heterocycles. The second-order valence-corrected chi connectivity index (χ2v) is 4.52. The average Bonchev–Trinajstić information content (AvgIpc) is 2.38. The van der Waals surface area contributed by atoms with Gasteiger partial charge in [0.05, 0.1) is 11.8 Å². The Hall–Kier alpha value is -1.76. The van der Waals surface area contributed by atoms with E-state index in [9.17, 15) is 9.59 Å². The van der Waals surface area contributed by atoms with Crippen molar-refractivity contribution >= 4 is 11.9 Å². The van der Waals surface area contributed by atoms with E-state index in [0.29, 0.717) is 19.3 Å². The van der Waals surface area contributed by atoms with Gasteiger partial charge in [0.25, 0.3) is 0 Å². The molecule has 0 saturated heterocycles. The van der Waals surface area contributed by atoms with Gasteiger partial charge in [-0.3, -0.25) is 9.59 Å². The van der Waals surface area contributed by atoms with E-state index >= 15 is 0 Å². The van der Waals surface area contributed by atoms with Crippen molar-refractivity contribution < 1.29 is 14.7 Å². The topological polar surface area (TPSA) is 66.4 Å². The fourth-order valence-corrected chi connectivity index (χ4v) is 2.12. The summed E-state index contributed by atoms with van der Waals surface area (Å²) in [7, 11) is 0. The normalized spacial score (nSPS) is 24.0. The van der Waals surface area contributed by atoms with Gasteiger partial charge in [0.1, 0.15) is 0 Å². The van der Waals surface area contributed by atoms with E-state index in [4.69, 9.17) is 11.5 Å². The zero-order chi connectivity index (χ0) is 13.5. The molecule has 0 aromatic carbocycles. The van der Waals surface area contributed by atoms with Gasteiger partial charge in [-0.15, -0.1) is 12.3 Å². The van der Waals surface area contributed by atoms with Crippen LogP contribution in [-0.2, 0) is 9.59 Å². The van der Waals surface area contributed by atoms with Crippen molar-refractivity contribution in [1.29, 1.82) is 0 Å². The Morgan fingerprint density at radius 2 is 2.06 bits per heavy atom. The third kappa shape index (κ3) is 3.63. The van der Waals surface area contributed by atoms with E-state index in [2.05, 4.69) is 11.2 Å². The van der Waals surface area contributed by atoms with Gasteiger partial charge in [-0.25, -0.2) is 0 Å². The minimum absolute atomic E-state index is 0.0668. The number of aliphatic carboxylic acids is 1. The first-order chi connectivity index (χ1) is 8.60. The molecule has 2 N–H and O–H groups in total. The third-order valence-corrected chi connectivity index (χ3v) is 3.29. The Labute approximate surface area is 107 Å². The molecule has 0 spiro atoms. The van der Waals surface area contributed by atoms with Crippen LogP contribution in [-0.4, -0.2) is 23.0 Å². The molecule has 0 bridgehead atoms. The van der Waals surface area contributed by atoms with Crippen LogP contribution < -0.4 is 5.32 Å². The number of rotatable bonds is 5. The first-order valence-corrected chi connectivity index (χ1v) is 6.21. The Kier molecular flexibility index (Phi) is 5.44. The van der Waals surface area contributed by atoms with Crippen molar-refractivity contribution in [3.8, 4) is 12.3 Å². The number of carbonyl (C=O) groups excluding carboxylic acids is 1. The summed E-state index contributed by atoms with van der Waals surface area (Å²) in [6, 6.07) is -0.0668. The second-order valence-electron chi connectivity index (χ2n) is 4.52. The molecule has 1 aliphatic rings. The standard InChI is InChI=1S/C14H19NO3/c1-3-7-10(4-2)15-13(16)11-8-5-6-9-12(11)14(17)18/h1,5-6,10-12H,4,7-9H2,2H3,(H,15,16)(H,17,18). The molecular formula is C14H19NO3. The van der Waals surface area contributed by atoms with Crippen LogP contribution in [0.5, 0.6) is 0 Å². The zero-order valence-electron chi connectivity index (χ0n) is 10.6. The maximum atomic E-state index is 12.1. The quantitative estimate of drug-likeness (QED) is 0.574. The smallest absolute Gasteiger partial charge is 0.307 e. The molecule has 0 saturated carbocycles. The fraction of sp³-hybridized carbons (Fsp3) is 0.571. The van der Waals surface area contributed by atoms with Crippen LogP contribution in [0.3, 0.4) is 0 Å². The Balaban J connectivity index is 2.67. The highest BCUT2D eigenvalue weighted by molar-refractivity contribution is 5.85. The van der Waals surface area contributed by atoms with Crippen LogP contribution in [0.2, 0.25) is 0 Å². The summed E-state index contributed by atoms with van der Waals surface area (Å²) in [5, 5.41) is 11.9. The molecule has 98 valence electrons. The monoisotopic (exact) mass is 249 g/mol. The van der Waals surface area contributed by atoms with Gasteiger partial charge in [-0.05, 0) is 19.3 Å². The summed E-state index contributed by atoms with van der Waals surface area (Å²) in [5.74, 6) is 0.290.